The minimum atomic E-state index is -0.102. The lowest BCUT2D eigenvalue weighted by Crippen LogP contribution is -2.41. The van der Waals surface area contributed by atoms with E-state index in [-0.39, 0.29) is 12.1 Å². The van der Waals surface area contributed by atoms with Crippen molar-refractivity contribution in [3.8, 4) is 0 Å². The van der Waals surface area contributed by atoms with E-state index in [9.17, 15) is 4.79 Å². The van der Waals surface area contributed by atoms with Gasteiger partial charge >= 0.3 is 6.03 Å². The highest BCUT2D eigenvalue weighted by Crippen LogP contribution is 2.27. The molecule has 1 saturated heterocycles. The van der Waals surface area contributed by atoms with Gasteiger partial charge in [-0.2, -0.15) is 0 Å². The largest absolute Gasteiger partial charge is 0.350 e. The van der Waals surface area contributed by atoms with Crippen molar-refractivity contribution < 1.29 is 4.79 Å². The van der Waals surface area contributed by atoms with Crippen molar-refractivity contribution in [3.05, 3.63) is 45.9 Å². The van der Waals surface area contributed by atoms with Crippen LogP contribution in [0, 0.1) is 6.92 Å². The Hall–Kier alpha value is -1.79. The molecule has 0 bridgehead atoms. The van der Waals surface area contributed by atoms with E-state index >= 15 is 0 Å². The summed E-state index contributed by atoms with van der Waals surface area (Å²) in [7, 11) is 2.02. The molecule has 1 unspecified atom stereocenters. The second-order valence-electron chi connectivity index (χ2n) is 6.36. The van der Waals surface area contributed by atoms with Crippen molar-refractivity contribution in [1.82, 2.24) is 20.1 Å². The molecule has 3 rings (SSSR count). The summed E-state index contributed by atoms with van der Waals surface area (Å²) in [6.45, 7) is 5.50. The van der Waals surface area contributed by atoms with Crippen LogP contribution in [0.4, 0.5) is 4.79 Å². The molecule has 2 aromatic heterocycles. The lowest BCUT2D eigenvalue weighted by atomic mass is 10.2. The zero-order chi connectivity index (χ0) is 16.9. The number of carbonyl (C=O) groups is 1. The Labute approximate surface area is 147 Å². The van der Waals surface area contributed by atoms with E-state index < -0.39 is 0 Å². The van der Waals surface area contributed by atoms with E-state index in [0.29, 0.717) is 13.1 Å². The zero-order valence-electron chi connectivity index (χ0n) is 14.4. The summed E-state index contributed by atoms with van der Waals surface area (Å²) in [6.07, 6.45) is 2.50. The molecule has 0 radical (unpaired) electrons. The average Bonchev–Trinajstić information content (AvgIpc) is 3.32. The molecule has 1 fully saturated rings. The number of thiophene rings is 1. The smallest absolute Gasteiger partial charge is 0.315 e. The fourth-order valence-electron chi connectivity index (χ4n) is 3.21. The molecular formula is C18H26N4OS. The van der Waals surface area contributed by atoms with Crippen molar-refractivity contribution in [2.24, 2.45) is 7.05 Å². The van der Waals surface area contributed by atoms with Gasteiger partial charge in [0.1, 0.15) is 0 Å². The van der Waals surface area contributed by atoms with E-state index in [1.165, 1.54) is 23.4 Å². The number of hydrogen-bond acceptors (Lipinski definition) is 3. The predicted molar refractivity (Wildman–Crippen MR) is 98.3 cm³/mol. The maximum Gasteiger partial charge on any atom is 0.315 e. The monoisotopic (exact) mass is 346 g/mol. The van der Waals surface area contributed by atoms with Crippen LogP contribution in [-0.2, 0) is 13.6 Å². The van der Waals surface area contributed by atoms with E-state index in [1.807, 2.05) is 13.1 Å². The number of hydrogen-bond donors (Lipinski definition) is 2. The Morgan fingerprint density at radius 2 is 2.04 bits per heavy atom. The number of urea groups is 1. The standard InChI is InChI=1S/C18H26N4OS/c1-14-7-8-15(21(14)2)12-19-18(23)20-13-16(17-6-5-11-24-17)22-9-3-4-10-22/h5-8,11,16H,3-4,9-10,12-13H2,1-2H3,(H2,19,20,23). The normalized spacial score (nSPS) is 16.2. The van der Waals surface area contributed by atoms with Crippen LogP contribution in [0.15, 0.2) is 29.6 Å². The minimum absolute atomic E-state index is 0.102. The van der Waals surface area contributed by atoms with Gasteiger partial charge in [0.25, 0.3) is 0 Å². The third-order valence-corrected chi connectivity index (χ3v) is 5.79. The molecule has 24 heavy (non-hydrogen) atoms. The Kier molecular flexibility index (Phi) is 5.58. The van der Waals surface area contributed by atoms with Gasteiger partial charge in [-0.25, -0.2) is 4.79 Å². The van der Waals surface area contributed by atoms with E-state index in [1.54, 1.807) is 11.3 Å². The van der Waals surface area contributed by atoms with Crippen LogP contribution in [0.25, 0.3) is 0 Å². The van der Waals surface area contributed by atoms with Gasteiger partial charge in [0.2, 0.25) is 0 Å². The van der Waals surface area contributed by atoms with Crippen molar-refractivity contribution in [3.63, 3.8) is 0 Å². The molecule has 1 aliphatic heterocycles. The van der Waals surface area contributed by atoms with Crippen LogP contribution in [0.2, 0.25) is 0 Å². The van der Waals surface area contributed by atoms with Crippen LogP contribution in [0.3, 0.4) is 0 Å². The Morgan fingerprint density at radius 1 is 1.25 bits per heavy atom. The van der Waals surface area contributed by atoms with Crippen LogP contribution in [0.5, 0.6) is 0 Å². The molecular weight excluding hydrogens is 320 g/mol. The Bertz CT molecular complexity index is 659. The second kappa shape index (κ2) is 7.85. The number of aryl methyl sites for hydroxylation is 1. The Morgan fingerprint density at radius 3 is 2.67 bits per heavy atom. The first-order valence-corrected chi connectivity index (χ1v) is 9.43. The first-order valence-electron chi connectivity index (χ1n) is 8.55. The van der Waals surface area contributed by atoms with Crippen LogP contribution in [-0.4, -0.2) is 35.1 Å². The number of nitrogens with zero attached hydrogens (tertiary/aromatic N) is 2. The summed E-state index contributed by atoms with van der Waals surface area (Å²) >= 11 is 1.77. The van der Waals surface area contributed by atoms with Crippen LogP contribution >= 0.6 is 11.3 Å². The molecule has 2 amide bonds. The van der Waals surface area contributed by atoms with Crippen molar-refractivity contribution in [2.75, 3.05) is 19.6 Å². The van der Waals surface area contributed by atoms with Gasteiger partial charge < -0.3 is 15.2 Å². The van der Waals surface area contributed by atoms with E-state index in [0.717, 1.165) is 18.8 Å². The Balaban J connectivity index is 1.52. The van der Waals surface area contributed by atoms with Gasteiger partial charge in [0.05, 0.1) is 12.6 Å². The van der Waals surface area contributed by atoms with Gasteiger partial charge in [0.15, 0.2) is 0 Å². The molecule has 3 heterocycles. The molecule has 130 valence electrons. The average molecular weight is 347 g/mol. The molecule has 0 saturated carbocycles. The number of carbonyl (C=O) groups excluding carboxylic acids is 1. The minimum Gasteiger partial charge on any atom is -0.350 e. The fraction of sp³-hybridized carbons (Fsp3) is 0.500. The first-order chi connectivity index (χ1) is 11.6. The van der Waals surface area contributed by atoms with Crippen molar-refractivity contribution in [1.29, 1.82) is 0 Å². The number of amides is 2. The summed E-state index contributed by atoms with van der Waals surface area (Å²) in [5.74, 6) is 0. The fourth-order valence-corrected chi connectivity index (χ4v) is 4.07. The molecule has 2 aromatic rings. The molecule has 5 nitrogen and oxygen atoms in total. The van der Waals surface area contributed by atoms with E-state index in [2.05, 4.69) is 50.6 Å². The summed E-state index contributed by atoms with van der Waals surface area (Å²) in [5, 5.41) is 8.12. The molecule has 6 heteroatoms. The lowest BCUT2D eigenvalue weighted by Gasteiger charge is -2.27. The maximum absolute atomic E-state index is 12.2. The van der Waals surface area contributed by atoms with Crippen LogP contribution < -0.4 is 10.6 Å². The second-order valence-corrected chi connectivity index (χ2v) is 7.34. The molecule has 0 aromatic carbocycles. The molecule has 2 N–H and O–H groups in total. The summed E-state index contributed by atoms with van der Waals surface area (Å²) in [4.78, 5) is 16.0. The molecule has 1 aliphatic rings. The quantitative estimate of drug-likeness (QED) is 0.845. The maximum atomic E-state index is 12.2. The van der Waals surface area contributed by atoms with Gasteiger partial charge in [-0.1, -0.05) is 6.07 Å². The van der Waals surface area contributed by atoms with Crippen LogP contribution in [0.1, 0.15) is 35.1 Å². The topological polar surface area (TPSA) is 49.3 Å². The number of aromatic nitrogens is 1. The third kappa shape index (κ3) is 3.99. The highest BCUT2D eigenvalue weighted by atomic mass is 32.1. The van der Waals surface area contributed by atoms with Gasteiger partial charge in [0, 0.05) is 29.9 Å². The zero-order valence-corrected chi connectivity index (χ0v) is 15.2. The first kappa shape index (κ1) is 17.0. The lowest BCUT2D eigenvalue weighted by molar-refractivity contribution is 0.222. The number of rotatable bonds is 6. The van der Waals surface area contributed by atoms with Crippen molar-refractivity contribution in [2.45, 2.75) is 32.4 Å². The molecule has 1 atom stereocenters. The highest BCUT2D eigenvalue weighted by molar-refractivity contribution is 7.10. The molecule has 0 aliphatic carbocycles. The molecule has 0 spiro atoms. The SMILES string of the molecule is Cc1ccc(CNC(=O)NCC(c2cccs2)N2CCCC2)n1C. The number of likely N-dealkylation sites (tertiary alicyclic amines) is 1. The highest BCUT2D eigenvalue weighted by Gasteiger charge is 2.24. The summed E-state index contributed by atoms with van der Waals surface area (Å²) < 4.78 is 2.10. The summed E-state index contributed by atoms with van der Waals surface area (Å²) in [6, 6.07) is 8.55. The van der Waals surface area contributed by atoms with Crippen molar-refractivity contribution >= 4 is 17.4 Å². The van der Waals surface area contributed by atoms with Gasteiger partial charge in [-0.05, 0) is 56.4 Å². The number of nitrogens with one attached hydrogen (secondary N) is 2. The van der Waals surface area contributed by atoms with E-state index in [4.69, 9.17) is 0 Å². The van der Waals surface area contributed by atoms with Gasteiger partial charge in [-0.15, -0.1) is 11.3 Å². The van der Waals surface area contributed by atoms with Gasteiger partial charge in [-0.3, -0.25) is 4.90 Å². The summed E-state index contributed by atoms with van der Waals surface area (Å²) in [5.41, 5.74) is 2.30. The third-order valence-electron chi connectivity index (χ3n) is 4.82. The predicted octanol–water partition coefficient (Wildman–Crippen LogP) is 3.03.